The minimum absolute atomic E-state index is 0.0579. The number of nitrogens with zero attached hydrogens (tertiary/aromatic N) is 3. The van der Waals surface area contributed by atoms with Gasteiger partial charge in [-0.15, -0.1) is 22.7 Å². The van der Waals surface area contributed by atoms with Crippen molar-refractivity contribution in [3.8, 4) is 0 Å². The van der Waals surface area contributed by atoms with Gasteiger partial charge in [0, 0.05) is 16.8 Å². The summed E-state index contributed by atoms with van der Waals surface area (Å²) in [7, 11) is -1.58. The maximum atomic E-state index is 12.7. The highest BCUT2D eigenvalue weighted by Crippen LogP contribution is 2.38. The molecule has 3 rings (SSSR count). The minimum atomic E-state index is -3.30. The number of sulfonamides is 1. The monoisotopic (exact) mass is 371 g/mol. The minimum Gasteiger partial charge on any atom is -0.250 e. The molecule has 1 aliphatic carbocycles. The molecule has 23 heavy (non-hydrogen) atoms. The molecule has 0 spiro atoms. The predicted octanol–water partition coefficient (Wildman–Crippen LogP) is 3.10. The van der Waals surface area contributed by atoms with Gasteiger partial charge in [-0.05, 0) is 39.5 Å². The van der Waals surface area contributed by atoms with Crippen LogP contribution in [0.5, 0.6) is 0 Å². The van der Waals surface area contributed by atoms with E-state index in [-0.39, 0.29) is 11.8 Å². The third-order valence-corrected chi connectivity index (χ3v) is 8.30. The van der Waals surface area contributed by atoms with Crippen LogP contribution in [0, 0.1) is 13.8 Å². The summed E-state index contributed by atoms with van der Waals surface area (Å²) in [5.41, 5.74) is 3.80. The molecule has 0 N–H and O–H groups in total. The van der Waals surface area contributed by atoms with Gasteiger partial charge in [0.05, 0.1) is 33.7 Å². The van der Waals surface area contributed by atoms with Gasteiger partial charge in [0.25, 0.3) is 0 Å². The van der Waals surface area contributed by atoms with Gasteiger partial charge in [0.2, 0.25) is 10.0 Å². The summed E-state index contributed by atoms with van der Waals surface area (Å²) in [4.78, 5) is 10.9. The van der Waals surface area contributed by atoms with Gasteiger partial charge in [0.15, 0.2) is 0 Å². The molecule has 0 saturated heterocycles. The fraction of sp³-hybridized carbons (Fsp3) is 0.600. The maximum absolute atomic E-state index is 12.7. The van der Waals surface area contributed by atoms with Crippen LogP contribution < -0.4 is 0 Å². The summed E-state index contributed by atoms with van der Waals surface area (Å²) in [5.74, 6) is 0.135. The van der Waals surface area contributed by atoms with Crippen LogP contribution in [0.15, 0.2) is 5.51 Å². The van der Waals surface area contributed by atoms with Crippen LogP contribution in [0.4, 0.5) is 0 Å². The summed E-state index contributed by atoms with van der Waals surface area (Å²) in [5, 5.41) is 1.02. The van der Waals surface area contributed by atoms with E-state index in [1.54, 1.807) is 28.2 Å². The van der Waals surface area contributed by atoms with Crippen LogP contribution in [0.1, 0.15) is 45.0 Å². The highest BCUT2D eigenvalue weighted by molar-refractivity contribution is 7.89. The lowest BCUT2D eigenvalue weighted by Crippen LogP contribution is -2.35. The van der Waals surface area contributed by atoms with Crippen molar-refractivity contribution in [3.05, 3.63) is 31.7 Å². The molecule has 0 bridgehead atoms. The number of rotatable bonds is 5. The lowest BCUT2D eigenvalue weighted by Gasteiger charge is -2.29. The van der Waals surface area contributed by atoms with Gasteiger partial charge in [-0.1, -0.05) is 0 Å². The Balaban J connectivity index is 1.76. The Labute approximate surface area is 145 Å². The zero-order valence-corrected chi connectivity index (χ0v) is 16.0. The molecule has 0 saturated carbocycles. The molecular weight excluding hydrogens is 350 g/mol. The Morgan fingerprint density at radius 1 is 1.39 bits per heavy atom. The molecule has 0 aromatic carbocycles. The lowest BCUT2D eigenvalue weighted by atomic mass is 9.98. The first-order valence-electron chi connectivity index (χ1n) is 7.69. The Kier molecular flexibility index (Phi) is 4.87. The Morgan fingerprint density at radius 3 is 2.87 bits per heavy atom. The second kappa shape index (κ2) is 6.58. The zero-order valence-electron chi connectivity index (χ0n) is 13.6. The Bertz CT molecular complexity index is 795. The van der Waals surface area contributed by atoms with Crippen molar-refractivity contribution in [1.82, 2.24) is 14.3 Å². The lowest BCUT2D eigenvalue weighted by molar-refractivity contribution is 0.341. The molecule has 1 unspecified atom stereocenters. The van der Waals surface area contributed by atoms with Crippen LogP contribution in [-0.2, 0) is 22.9 Å². The number of hydrogen-bond donors (Lipinski definition) is 0. The summed E-state index contributed by atoms with van der Waals surface area (Å²) < 4.78 is 27.1. The van der Waals surface area contributed by atoms with E-state index in [0.29, 0.717) is 6.42 Å². The van der Waals surface area contributed by atoms with Crippen molar-refractivity contribution in [2.24, 2.45) is 0 Å². The van der Waals surface area contributed by atoms with Crippen LogP contribution in [0.2, 0.25) is 0 Å². The molecule has 8 heteroatoms. The van der Waals surface area contributed by atoms with E-state index in [1.165, 1.54) is 11.3 Å². The van der Waals surface area contributed by atoms with Gasteiger partial charge in [0.1, 0.15) is 0 Å². The van der Waals surface area contributed by atoms with Crippen molar-refractivity contribution in [3.63, 3.8) is 0 Å². The largest absolute Gasteiger partial charge is 0.250 e. The first-order chi connectivity index (χ1) is 10.9. The number of aromatic nitrogens is 2. The molecule has 0 amide bonds. The fourth-order valence-electron chi connectivity index (χ4n) is 2.99. The molecule has 5 nitrogen and oxygen atoms in total. The topological polar surface area (TPSA) is 63.2 Å². The zero-order chi connectivity index (χ0) is 16.6. The molecular formula is C15H21N3O2S3. The second-order valence-electron chi connectivity index (χ2n) is 5.90. The van der Waals surface area contributed by atoms with E-state index in [9.17, 15) is 8.42 Å². The molecule has 0 aliphatic heterocycles. The first-order valence-corrected chi connectivity index (χ1v) is 11.0. The van der Waals surface area contributed by atoms with E-state index in [4.69, 9.17) is 0 Å². The van der Waals surface area contributed by atoms with Gasteiger partial charge >= 0.3 is 0 Å². The summed E-state index contributed by atoms with van der Waals surface area (Å²) in [6.07, 6.45) is 3.37. The van der Waals surface area contributed by atoms with E-state index in [2.05, 4.69) is 9.97 Å². The van der Waals surface area contributed by atoms with Crippen molar-refractivity contribution in [1.29, 1.82) is 0 Å². The summed E-state index contributed by atoms with van der Waals surface area (Å²) in [6.45, 7) is 3.91. The number of aryl methyl sites for hydroxylation is 4. The van der Waals surface area contributed by atoms with Crippen LogP contribution in [0.25, 0.3) is 0 Å². The fourth-order valence-corrected chi connectivity index (χ4v) is 6.47. The first kappa shape index (κ1) is 17.0. The van der Waals surface area contributed by atoms with E-state index < -0.39 is 10.0 Å². The van der Waals surface area contributed by atoms with Gasteiger partial charge in [-0.3, -0.25) is 0 Å². The van der Waals surface area contributed by atoms with Crippen molar-refractivity contribution in [2.75, 3.05) is 12.8 Å². The van der Waals surface area contributed by atoms with Crippen molar-refractivity contribution >= 4 is 32.7 Å². The highest BCUT2D eigenvalue weighted by atomic mass is 32.2. The van der Waals surface area contributed by atoms with Crippen LogP contribution >= 0.6 is 22.7 Å². The number of hydrogen-bond acceptors (Lipinski definition) is 6. The van der Waals surface area contributed by atoms with Crippen LogP contribution in [-0.4, -0.2) is 35.5 Å². The van der Waals surface area contributed by atoms with Crippen LogP contribution in [0.3, 0.4) is 0 Å². The highest BCUT2D eigenvalue weighted by Gasteiger charge is 2.33. The molecule has 0 radical (unpaired) electrons. The third kappa shape index (κ3) is 3.50. The smallest absolute Gasteiger partial charge is 0.214 e. The van der Waals surface area contributed by atoms with Gasteiger partial charge < -0.3 is 0 Å². The number of fused-ring (bicyclic) bond motifs is 1. The Morgan fingerprint density at radius 2 is 2.17 bits per heavy atom. The van der Waals surface area contributed by atoms with E-state index in [1.807, 2.05) is 13.8 Å². The molecule has 0 fully saturated rings. The van der Waals surface area contributed by atoms with Crippen molar-refractivity contribution < 1.29 is 8.42 Å². The quantitative estimate of drug-likeness (QED) is 0.810. The molecule has 2 aromatic rings. The van der Waals surface area contributed by atoms with Crippen molar-refractivity contribution in [2.45, 2.75) is 45.6 Å². The molecule has 2 aromatic heterocycles. The molecule has 2 heterocycles. The Hall–Kier alpha value is -0.830. The van der Waals surface area contributed by atoms with Gasteiger partial charge in [-0.25, -0.2) is 18.4 Å². The molecule has 126 valence electrons. The SMILES string of the molecule is Cc1nc2c(s1)C(N(C)S(=O)(=O)CCc1scnc1C)CCC2. The summed E-state index contributed by atoms with van der Waals surface area (Å²) >= 11 is 3.16. The normalized spacial score (nSPS) is 18.3. The molecule has 1 aliphatic rings. The molecule has 1 atom stereocenters. The standard InChI is InChI=1S/C15H21N3O2S3/c1-10-14(21-9-16-10)7-8-23(19,20)18(3)13-6-4-5-12-15(13)22-11(2)17-12/h9,13H,4-8H2,1-3H3. The summed E-state index contributed by atoms with van der Waals surface area (Å²) in [6, 6.07) is -0.0579. The second-order valence-corrected chi connectivity index (χ2v) is 10.2. The van der Waals surface area contributed by atoms with E-state index in [0.717, 1.165) is 45.4 Å². The van der Waals surface area contributed by atoms with Gasteiger partial charge in [-0.2, -0.15) is 4.31 Å². The number of thiazole rings is 2. The average Bonchev–Trinajstić information content (AvgIpc) is 3.08. The predicted molar refractivity (Wildman–Crippen MR) is 94.6 cm³/mol. The van der Waals surface area contributed by atoms with E-state index >= 15 is 0 Å². The maximum Gasteiger partial charge on any atom is 0.214 e. The third-order valence-electron chi connectivity index (χ3n) is 4.34. The average molecular weight is 372 g/mol.